The van der Waals surface area contributed by atoms with Gasteiger partial charge < -0.3 is 9.30 Å². The summed E-state index contributed by atoms with van der Waals surface area (Å²) in [6.45, 7) is 4.93. The van der Waals surface area contributed by atoms with Crippen molar-refractivity contribution >= 4 is 5.78 Å². The van der Waals surface area contributed by atoms with E-state index >= 15 is 0 Å². The average molecular weight is 222 g/mol. The molecule has 1 fully saturated rings. The van der Waals surface area contributed by atoms with E-state index in [0.717, 1.165) is 25.8 Å². The van der Waals surface area contributed by atoms with Crippen LogP contribution in [0, 0.1) is 0 Å². The van der Waals surface area contributed by atoms with Crippen LogP contribution in [-0.4, -0.2) is 27.5 Å². The second-order valence-corrected chi connectivity index (χ2v) is 4.32. The number of carbonyl (C=O) groups is 1. The van der Waals surface area contributed by atoms with Gasteiger partial charge in [-0.1, -0.05) is 6.92 Å². The van der Waals surface area contributed by atoms with Crippen LogP contribution in [0.5, 0.6) is 0 Å². The van der Waals surface area contributed by atoms with Crippen LogP contribution in [0.3, 0.4) is 0 Å². The zero-order valence-corrected chi connectivity index (χ0v) is 9.85. The number of hydrogen-bond acceptors (Lipinski definition) is 3. The molecule has 0 aliphatic carbocycles. The fraction of sp³-hybridized carbons (Fsp3) is 0.667. The van der Waals surface area contributed by atoms with E-state index in [0.29, 0.717) is 5.82 Å². The molecule has 0 aromatic carbocycles. The van der Waals surface area contributed by atoms with E-state index in [2.05, 4.69) is 11.9 Å². The van der Waals surface area contributed by atoms with E-state index in [1.54, 1.807) is 6.20 Å². The van der Waals surface area contributed by atoms with Crippen LogP contribution in [0.4, 0.5) is 0 Å². The number of nitrogens with zero attached hydrogens (tertiary/aromatic N) is 2. The van der Waals surface area contributed by atoms with Crippen LogP contribution >= 0.6 is 0 Å². The van der Waals surface area contributed by atoms with Gasteiger partial charge >= 0.3 is 0 Å². The van der Waals surface area contributed by atoms with Gasteiger partial charge in [0.05, 0.1) is 6.10 Å². The molecule has 0 bridgehead atoms. The number of aryl methyl sites for hydroxylation is 1. The van der Waals surface area contributed by atoms with Crippen molar-refractivity contribution in [2.24, 2.45) is 0 Å². The second kappa shape index (κ2) is 4.78. The molecule has 4 heteroatoms. The van der Waals surface area contributed by atoms with Crippen LogP contribution in [-0.2, 0) is 11.3 Å². The van der Waals surface area contributed by atoms with E-state index in [9.17, 15) is 4.79 Å². The summed E-state index contributed by atoms with van der Waals surface area (Å²) in [5, 5.41) is 0. The third-order valence-corrected chi connectivity index (χ3v) is 2.92. The number of aromatic nitrogens is 2. The first kappa shape index (κ1) is 11.3. The Morgan fingerprint density at radius 2 is 2.44 bits per heavy atom. The van der Waals surface area contributed by atoms with Gasteiger partial charge in [0.2, 0.25) is 5.78 Å². The lowest BCUT2D eigenvalue weighted by molar-refractivity contribution is 0.0421. The van der Waals surface area contributed by atoms with Gasteiger partial charge in [0, 0.05) is 18.9 Å². The highest BCUT2D eigenvalue weighted by Crippen LogP contribution is 2.22. The molecular weight excluding hydrogens is 204 g/mol. The van der Waals surface area contributed by atoms with Crippen molar-refractivity contribution in [3.05, 3.63) is 18.2 Å². The summed E-state index contributed by atoms with van der Waals surface area (Å²) in [7, 11) is 0. The Bertz CT molecular complexity index is 373. The molecule has 2 rings (SSSR count). The third-order valence-electron chi connectivity index (χ3n) is 2.92. The standard InChI is InChI=1S/C12H18N2O2/c1-3-7-14-8-6-13-12(14)11(15)10-5-4-9(2)16-10/h6,8-10H,3-5,7H2,1-2H3. The number of rotatable bonds is 4. The maximum absolute atomic E-state index is 12.1. The highest BCUT2D eigenvalue weighted by molar-refractivity contribution is 5.96. The predicted octanol–water partition coefficient (Wildman–Crippen LogP) is 2.04. The minimum atomic E-state index is -0.284. The molecule has 1 saturated heterocycles. The van der Waals surface area contributed by atoms with Gasteiger partial charge in [-0.3, -0.25) is 4.79 Å². The first-order valence-corrected chi connectivity index (χ1v) is 5.93. The van der Waals surface area contributed by atoms with Gasteiger partial charge in [0.1, 0.15) is 6.10 Å². The summed E-state index contributed by atoms with van der Waals surface area (Å²) < 4.78 is 7.49. The number of ketones is 1. The molecule has 1 aromatic rings. The molecule has 88 valence electrons. The Kier molecular flexibility index (Phi) is 3.39. The molecule has 1 aliphatic rings. The topological polar surface area (TPSA) is 44.1 Å². The summed E-state index contributed by atoms with van der Waals surface area (Å²) in [6.07, 6.45) is 6.23. The van der Waals surface area contributed by atoms with Gasteiger partial charge in [-0.15, -0.1) is 0 Å². The predicted molar refractivity (Wildman–Crippen MR) is 60.4 cm³/mol. The summed E-state index contributed by atoms with van der Waals surface area (Å²) >= 11 is 0. The van der Waals surface area contributed by atoms with E-state index in [1.165, 1.54) is 0 Å². The Hall–Kier alpha value is -1.16. The minimum Gasteiger partial charge on any atom is -0.367 e. The van der Waals surface area contributed by atoms with Crippen LogP contribution in [0.25, 0.3) is 0 Å². The third kappa shape index (κ3) is 2.16. The van der Waals surface area contributed by atoms with Crippen molar-refractivity contribution in [3.63, 3.8) is 0 Å². The maximum atomic E-state index is 12.1. The molecular formula is C12H18N2O2. The zero-order valence-electron chi connectivity index (χ0n) is 9.85. The lowest BCUT2D eigenvalue weighted by atomic mass is 10.1. The first-order chi connectivity index (χ1) is 7.72. The van der Waals surface area contributed by atoms with Gasteiger partial charge in [-0.05, 0) is 26.2 Å². The van der Waals surface area contributed by atoms with Crippen molar-refractivity contribution in [1.82, 2.24) is 9.55 Å². The van der Waals surface area contributed by atoms with Crippen LogP contribution < -0.4 is 0 Å². The average Bonchev–Trinajstić information content (AvgIpc) is 2.87. The number of ether oxygens (including phenoxy) is 1. The fourth-order valence-corrected chi connectivity index (χ4v) is 2.10. The smallest absolute Gasteiger partial charge is 0.226 e. The number of hydrogen-bond donors (Lipinski definition) is 0. The highest BCUT2D eigenvalue weighted by atomic mass is 16.5. The fourth-order valence-electron chi connectivity index (χ4n) is 2.10. The van der Waals surface area contributed by atoms with E-state index in [-0.39, 0.29) is 18.0 Å². The minimum absolute atomic E-state index is 0.0304. The lowest BCUT2D eigenvalue weighted by Gasteiger charge is -2.11. The zero-order chi connectivity index (χ0) is 11.5. The van der Waals surface area contributed by atoms with Gasteiger partial charge in [-0.2, -0.15) is 0 Å². The molecule has 0 amide bonds. The van der Waals surface area contributed by atoms with E-state index in [1.807, 2.05) is 17.7 Å². The molecule has 1 aromatic heterocycles. The SMILES string of the molecule is CCCn1ccnc1C(=O)C1CCC(C)O1. The Morgan fingerprint density at radius 1 is 1.62 bits per heavy atom. The van der Waals surface area contributed by atoms with Crippen molar-refractivity contribution in [2.75, 3.05) is 0 Å². The highest BCUT2D eigenvalue weighted by Gasteiger charge is 2.31. The molecule has 0 N–H and O–H groups in total. The summed E-state index contributed by atoms with van der Waals surface area (Å²) in [6, 6.07) is 0. The van der Waals surface area contributed by atoms with E-state index < -0.39 is 0 Å². The molecule has 16 heavy (non-hydrogen) atoms. The van der Waals surface area contributed by atoms with Gasteiger partial charge in [0.15, 0.2) is 5.82 Å². The van der Waals surface area contributed by atoms with Crippen LogP contribution in [0.2, 0.25) is 0 Å². The number of imidazole rings is 1. The largest absolute Gasteiger partial charge is 0.367 e. The summed E-state index contributed by atoms with van der Waals surface area (Å²) in [4.78, 5) is 16.3. The van der Waals surface area contributed by atoms with Crippen LogP contribution in [0.1, 0.15) is 43.7 Å². The van der Waals surface area contributed by atoms with Crippen LogP contribution in [0.15, 0.2) is 12.4 Å². The normalized spacial score (nSPS) is 24.9. The molecule has 2 unspecified atom stereocenters. The van der Waals surface area contributed by atoms with Crippen molar-refractivity contribution in [2.45, 2.75) is 51.9 Å². The van der Waals surface area contributed by atoms with Crippen molar-refractivity contribution in [3.8, 4) is 0 Å². The molecule has 0 radical (unpaired) electrons. The number of Topliss-reactive ketones (excluding diaryl/α,β-unsaturated/α-hetero) is 1. The Morgan fingerprint density at radius 3 is 3.06 bits per heavy atom. The molecule has 4 nitrogen and oxygen atoms in total. The maximum Gasteiger partial charge on any atom is 0.226 e. The quantitative estimate of drug-likeness (QED) is 0.732. The first-order valence-electron chi connectivity index (χ1n) is 5.93. The number of carbonyl (C=O) groups excluding carboxylic acids is 1. The Balaban J connectivity index is 2.11. The van der Waals surface area contributed by atoms with Gasteiger partial charge in [-0.25, -0.2) is 4.98 Å². The van der Waals surface area contributed by atoms with Gasteiger partial charge in [0.25, 0.3) is 0 Å². The monoisotopic (exact) mass is 222 g/mol. The second-order valence-electron chi connectivity index (χ2n) is 4.32. The molecule has 0 spiro atoms. The summed E-state index contributed by atoms with van der Waals surface area (Å²) in [5.74, 6) is 0.573. The molecule has 1 aliphatic heterocycles. The van der Waals surface area contributed by atoms with E-state index in [4.69, 9.17) is 4.74 Å². The molecule has 2 heterocycles. The molecule has 0 saturated carbocycles. The molecule has 2 atom stereocenters. The summed E-state index contributed by atoms with van der Waals surface area (Å²) in [5.41, 5.74) is 0. The van der Waals surface area contributed by atoms with Crippen molar-refractivity contribution in [1.29, 1.82) is 0 Å². The van der Waals surface area contributed by atoms with Crippen molar-refractivity contribution < 1.29 is 9.53 Å². The Labute approximate surface area is 95.6 Å². The lowest BCUT2D eigenvalue weighted by Crippen LogP contribution is -2.24.